The van der Waals surface area contributed by atoms with Crippen molar-refractivity contribution in [2.75, 3.05) is 20.0 Å². The second-order valence-corrected chi connectivity index (χ2v) is 8.58. The van der Waals surface area contributed by atoms with Gasteiger partial charge >= 0.3 is 6.18 Å². The molecule has 0 saturated carbocycles. The first-order chi connectivity index (χ1) is 15.6. The molecule has 2 heterocycles. The second-order valence-electron chi connectivity index (χ2n) is 7.61. The second kappa shape index (κ2) is 8.32. The lowest BCUT2D eigenvalue weighted by Crippen LogP contribution is -2.48. The number of rotatable bonds is 4. The van der Waals surface area contributed by atoms with Crippen molar-refractivity contribution in [3.63, 3.8) is 0 Å². The fraction of sp³-hybridized carbons (Fsp3) is 0.304. The van der Waals surface area contributed by atoms with Gasteiger partial charge in [-0.2, -0.15) is 18.4 Å². The normalized spacial score (nSPS) is 22.8. The van der Waals surface area contributed by atoms with Crippen LogP contribution >= 0.6 is 11.8 Å². The van der Waals surface area contributed by atoms with Gasteiger partial charge in [0.2, 0.25) is 5.91 Å². The van der Waals surface area contributed by atoms with Gasteiger partial charge in [0.05, 0.1) is 42.2 Å². The Morgan fingerprint density at radius 3 is 2.39 bits per heavy atom. The number of fused-ring (bicyclic) bond motifs is 1. The standard InChI is InChI=1S/C23H19F3N2O4S/c1-31-18-8-7-15(9-19(18)32-2)22(30)12-33-21-17(11-27)16(10-20(29)28(21)22)13-3-5-14(6-4-13)23(24,25)26/h3-9,16,30H,10,12H2,1-2H3/t16-,22-/m1/s1. The molecule has 4 rings (SSSR count). The minimum atomic E-state index is -4.48. The smallest absolute Gasteiger partial charge is 0.416 e. The van der Waals surface area contributed by atoms with Gasteiger partial charge in [0.25, 0.3) is 0 Å². The maximum atomic E-state index is 13.2. The lowest BCUT2D eigenvalue weighted by atomic mass is 9.85. The third-order valence-electron chi connectivity index (χ3n) is 5.80. The maximum absolute atomic E-state index is 13.2. The summed E-state index contributed by atoms with van der Waals surface area (Å²) in [5.74, 6) is -0.226. The third-order valence-corrected chi connectivity index (χ3v) is 7.02. The van der Waals surface area contributed by atoms with E-state index in [0.717, 1.165) is 23.9 Å². The van der Waals surface area contributed by atoms with E-state index in [2.05, 4.69) is 6.07 Å². The molecule has 2 atom stereocenters. The number of nitrogens with zero attached hydrogens (tertiary/aromatic N) is 2. The Morgan fingerprint density at radius 2 is 1.82 bits per heavy atom. The number of carbonyl (C=O) groups excluding carboxylic acids is 1. The molecular formula is C23H19F3N2O4S. The highest BCUT2D eigenvalue weighted by Crippen LogP contribution is 2.52. The van der Waals surface area contributed by atoms with Crippen LogP contribution in [0.4, 0.5) is 13.2 Å². The molecule has 0 radical (unpaired) electrons. The van der Waals surface area contributed by atoms with Crippen molar-refractivity contribution in [1.82, 2.24) is 4.90 Å². The van der Waals surface area contributed by atoms with E-state index in [9.17, 15) is 28.3 Å². The summed E-state index contributed by atoms with van der Waals surface area (Å²) in [5.41, 5.74) is -1.47. The summed E-state index contributed by atoms with van der Waals surface area (Å²) in [6.07, 6.45) is -4.64. The molecule has 10 heteroatoms. The van der Waals surface area contributed by atoms with Gasteiger partial charge in [-0.05, 0) is 29.8 Å². The average Bonchev–Trinajstić information content (AvgIpc) is 3.17. The number of hydrogen-bond acceptors (Lipinski definition) is 6. The molecule has 1 fully saturated rings. The first-order valence-electron chi connectivity index (χ1n) is 9.86. The minimum Gasteiger partial charge on any atom is -0.493 e. The van der Waals surface area contributed by atoms with Gasteiger partial charge in [-0.15, -0.1) is 11.8 Å². The van der Waals surface area contributed by atoms with E-state index in [1.54, 1.807) is 18.2 Å². The Morgan fingerprint density at radius 1 is 1.15 bits per heavy atom. The molecule has 0 unspecified atom stereocenters. The van der Waals surface area contributed by atoms with E-state index in [1.165, 1.54) is 31.3 Å². The SMILES string of the molecule is COc1ccc([C@]2(O)CSC3=C(C#N)[C@@H](c4ccc(C(F)(F)F)cc4)CC(=O)N32)cc1OC. The predicted molar refractivity (Wildman–Crippen MR) is 114 cm³/mol. The monoisotopic (exact) mass is 476 g/mol. The van der Waals surface area contributed by atoms with Gasteiger partial charge in [0.1, 0.15) is 0 Å². The van der Waals surface area contributed by atoms with E-state index >= 15 is 0 Å². The Labute approximate surface area is 192 Å². The van der Waals surface area contributed by atoms with Crippen molar-refractivity contribution in [2.45, 2.75) is 24.2 Å². The Kier molecular flexibility index (Phi) is 5.80. The number of alkyl halides is 3. The van der Waals surface area contributed by atoms with E-state index in [1.807, 2.05) is 0 Å². The lowest BCUT2D eigenvalue weighted by molar-refractivity contribution is -0.149. The summed E-state index contributed by atoms with van der Waals surface area (Å²) in [6.45, 7) is 0. The van der Waals surface area contributed by atoms with Crippen LogP contribution in [-0.2, 0) is 16.7 Å². The number of allylic oxidation sites excluding steroid dienone is 1. The number of methoxy groups -OCH3 is 2. The van der Waals surface area contributed by atoms with Crippen LogP contribution < -0.4 is 9.47 Å². The zero-order chi connectivity index (χ0) is 24.0. The van der Waals surface area contributed by atoms with Crippen LogP contribution in [0.5, 0.6) is 11.5 Å². The van der Waals surface area contributed by atoms with E-state index in [0.29, 0.717) is 27.7 Å². The van der Waals surface area contributed by atoms with Gasteiger partial charge in [-0.1, -0.05) is 18.2 Å². The number of halogens is 3. The molecule has 2 aromatic carbocycles. The van der Waals surface area contributed by atoms with Crippen molar-refractivity contribution < 1.29 is 32.5 Å². The predicted octanol–water partition coefficient (Wildman–Crippen LogP) is 4.37. The zero-order valence-corrected chi connectivity index (χ0v) is 18.5. The number of hydrogen-bond donors (Lipinski definition) is 1. The quantitative estimate of drug-likeness (QED) is 0.706. The molecule has 0 aromatic heterocycles. The molecule has 33 heavy (non-hydrogen) atoms. The van der Waals surface area contributed by atoms with Gasteiger partial charge in [-0.25, -0.2) is 0 Å². The van der Waals surface area contributed by atoms with Crippen LogP contribution in [0.1, 0.15) is 29.0 Å². The van der Waals surface area contributed by atoms with Gasteiger partial charge in [0, 0.05) is 17.9 Å². The van der Waals surface area contributed by atoms with Gasteiger partial charge in [-0.3, -0.25) is 9.69 Å². The summed E-state index contributed by atoms with van der Waals surface area (Å²) in [5, 5.41) is 21.7. The van der Waals surface area contributed by atoms with Gasteiger partial charge in [0.15, 0.2) is 17.2 Å². The molecule has 0 aliphatic carbocycles. The molecule has 2 aromatic rings. The lowest BCUT2D eigenvalue weighted by Gasteiger charge is -2.38. The van der Waals surface area contributed by atoms with Crippen molar-refractivity contribution in [2.24, 2.45) is 0 Å². The van der Waals surface area contributed by atoms with E-state index in [4.69, 9.17) is 9.47 Å². The highest BCUT2D eigenvalue weighted by molar-refractivity contribution is 8.03. The number of ether oxygens (including phenoxy) is 2. The highest BCUT2D eigenvalue weighted by atomic mass is 32.2. The maximum Gasteiger partial charge on any atom is 0.416 e. The first kappa shape index (κ1) is 23.0. The fourth-order valence-electron chi connectivity index (χ4n) is 4.11. The first-order valence-corrected chi connectivity index (χ1v) is 10.8. The van der Waals surface area contributed by atoms with Crippen LogP contribution in [0, 0.1) is 11.3 Å². The molecule has 1 amide bonds. The van der Waals surface area contributed by atoms with Crippen molar-refractivity contribution in [1.29, 1.82) is 5.26 Å². The molecule has 0 bridgehead atoms. The minimum absolute atomic E-state index is 0.0778. The third kappa shape index (κ3) is 3.81. The molecule has 0 spiro atoms. The van der Waals surface area contributed by atoms with Crippen LogP contribution in [0.2, 0.25) is 0 Å². The molecule has 1 saturated heterocycles. The zero-order valence-electron chi connectivity index (χ0n) is 17.6. The van der Waals surface area contributed by atoms with E-state index in [-0.39, 0.29) is 17.7 Å². The van der Waals surface area contributed by atoms with Crippen LogP contribution in [-0.4, -0.2) is 35.9 Å². The van der Waals surface area contributed by atoms with Crippen molar-refractivity contribution in [3.05, 3.63) is 69.8 Å². The van der Waals surface area contributed by atoms with Crippen LogP contribution in [0.25, 0.3) is 0 Å². The number of benzene rings is 2. The number of thioether (sulfide) groups is 1. The summed E-state index contributed by atoms with van der Waals surface area (Å²) in [6, 6.07) is 11.4. The van der Waals surface area contributed by atoms with Crippen LogP contribution in [0.15, 0.2) is 53.1 Å². The Balaban J connectivity index is 1.75. The summed E-state index contributed by atoms with van der Waals surface area (Å²) in [7, 11) is 2.93. The molecular weight excluding hydrogens is 457 g/mol. The molecule has 6 nitrogen and oxygen atoms in total. The summed E-state index contributed by atoms with van der Waals surface area (Å²) in [4.78, 5) is 14.4. The number of amides is 1. The van der Waals surface area contributed by atoms with Crippen molar-refractivity contribution in [3.8, 4) is 17.6 Å². The van der Waals surface area contributed by atoms with Gasteiger partial charge < -0.3 is 14.6 Å². The molecule has 2 aliphatic heterocycles. The summed E-state index contributed by atoms with van der Waals surface area (Å²) < 4.78 is 49.3. The number of nitriles is 1. The fourth-order valence-corrected chi connectivity index (χ4v) is 5.47. The van der Waals surface area contributed by atoms with Crippen molar-refractivity contribution >= 4 is 17.7 Å². The average molecular weight is 476 g/mol. The summed E-state index contributed by atoms with van der Waals surface area (Å²) >= 11 is 1.15. The molecule has 172 valence electrons. The topological polar surface area (TPSA) is 82.8 Å². The molecule has 1 N–H and O–H groups in total. The van der Waals surface area contributed by atoms with E-state index < -0.39 is 29.3 Å². The largest absolute Gasteiger partial charge is 0.493 e. The number of carbonyl (C=O) groups is 1. The Hall–Kier alpha value is -3.16. The van der Waals surface area contributed by atoms with Crippen LogP contribution in [0.3, 0.4) is 0 Å². The highest BCUT2D eigenvalue weighted by Gasteiger charge is 2.52. The number of aliphatic hydroxyl groups is 1. The Bertz CT molecular complexity index is 1170. The molecule has 2 aliphatic rings.